The fourth-order valence-corrected chi connectivity index (χ4v) is 4.63. The van der Waals surface area contributed by atoms with E-state index in [1.165, 1.54) is 10.7 Å². The van der Waals surface area contributed by atoms with E-state index >= 15 is 0 Å². The van der Waals surface area contributed by atoms with Crippen molar-refractivity contribution in [2.75, 3.05) is 21.9 Å². The molecule has 134 valence electrons. The molecule has 1 aliphatic heterocycles. The molecule has 1 saturated heterocycles. The van der Waals surface area contributed by atoms with Gasteiger partial charge in [-0.15, -0.1) is 0 Å². The summed E-state index contributed by atoms with van der Waals surface area (Å²) in [7, 11) is -3.26. The zero-order valence-corrected chi connectivity index (χ0v) is 14.7. The van der Waals surface area contributed by atoms with Gasteiger partial charge >= 0.3 is 0 Å². The van der Waals surface area contributed by atoms with Gasteiger partial charge in [-0.05, 0) is 49.2 Å². The Balaban J connectivity index is 1.51. The van der Waals surface area contributed by atoms with Crippen LogP contribution in [0.5, 0.6) is 0 Å². The lowest BCUT2D eigenvalue weighted by Crippen LogP contribution is -2.37. The van der Waals surface area contributed by atoms with Crippen LogP contribution < -0.4 is 9.62 Å². The molecule has 0 aliphatic carbocycles. The molecule has 0 spiro atoms. The third-order valence-electron chi connectivity index (χ3n) is 4.36. The number of oxazole rings is 1. The largest absolute Gasteiger partial charge is 0.443 e. The molecule has 0 unspecified atom stereocenters. The van der Waals surface area contributed by atoms with Crippen LogP contribution in [0, 0.1) is 0 Å². The number of fused-ring (bicyclic) bond motifs is 1. The molecule has 26 heavy (non-hydrogen) atoms. The summed E-state index contributed by atoms with van der Waals surface area (Å²) in [5.41, 5.74) is 2.94. The van der Waals surface area contributed by atoms with Gasteiger partial charge in [-0.25, -0.2) is 13.4 Å². The molecular weight excluding hydrogens is 354 g/mol. The van der Waals surface area contributed by atoms with Crippen molar-refractivity contribution in [2.45, 2.75) is 12.8 Å². The predicted octanol–water partition coefficient (Wildman–Crippen LogP) is 3.01. The third-order valence-corrected chi connectivity index (χ3v) is 6.23. The highest BCUT2D eigenvalue weighted by Gasteiger charge is 2.26. The molecule has 1 aromatic heterocycles. The van der Waals surface area contributed by atoms with Gasteiger partial charge in [0.1, 0.15) is 5.52 Å². The van der Waals surface area contributed by atoms with Crippen LogP contribution in [0.25, 0.3) is 11.1 Å². The summed E-state index contributed by atoms with van der Waals surface area (Å²) in [6.45, 7) is 0.477. The van der Waals surface area contributed by atoms with Crippen molar-refractivity contribution in [3.8, 4) is 0 Å². The Labute approximate surface area is 150 Å². The number of carbonyl (C=O) groups excluding carboxylic acids is 1. The van der Waals surface area contributed by atoms with Gasteiger partial charge in [0.2, 0.25) is 10.0 Å². The summed E-state index contributed by atoms with van der Waals surface area (Å²) in [6.07, 6.45) is 2.88. The molecule has 8 heteroatoms. The molecule has 2 heterocycles. The maximum absolute atomic E-state index is 12.4. The van der Waals surface area contributed by atoms with Gasteiger partial charge in [0.05, 0.1) is 11.4 Å². The molecule has 0 bridgehead atoms. The van der Waals surface area contributed by atoms with E-state index in [4.69, 9.17) is 4.42 Å². The minimum absolute atomic E-state index is 0.166. The summed E-state index contributed by atoms with van der Waals surface area (Å²) in [5, 5.41) is 2.80. The van der Waals surface area contributed by atoms with Crippen LogP contribution in [0.15, 0.2) is 53.3 Å². The van der Waals surface area contributed by atoms with Gasteiger partial charge in [-0.3, -0.25) is 9.10 Å². The molecule has 1 fully saturated rings. The van der Waals surface area contributed by atoms with Gasteiger partial charge < -0.3 is 9.73 Å². The Morgan fingerprint density at radius 2 is 1.92 bits per heavy atom. The summed E-state index contributed by atoms with van der Waals surface area (Å²) in [4.78, 5) is 16.4. The molecule has 0 atom stereocenters. The number of benzene rings is 2. The third kappa shape index (κ3) is 3.15. The Morgan fingerprint density at radius 1 is 1.12 bits per heavy atom. The minimum Gasteiger partial charge on any atom is -0.443 e. The molecule has 4 rings (SSSR count). The Morgan fingerprint density at radius 3 is 2.69 bits per heavy atom. The van der Waals surface area contributed by atoms with Gasteiger partial charge in [0, 0.05) is 23.9 Å². The predicted molar refractivity (Wildman–Crippen MR) is 98.8 cm³/mol. The van der Waals surface area contributed by atoms with E-state index in [0.717, 1.165) is 11.9 Å². The lowest BCUT2D eigenvalue weighted by atomic mass is 10.2. The fourth-order valence-electron chi connectivity index (χ4n) is 2.99. The van der Waals surface area contributed by atoms with Crippen molar-refractivity contribution in [1.82, 2.24) is 4.98 Å². The zero-order chi connectivity index (χ0) is 18.1. The number of hydrogen-bond acceptors (Lipinski definition) is 5. The second kappa shape index (κ2) is 6.45. The molecule has 2 aromatic carbocycles. The van der Waals surface area contributed by atoms with Gasteiger partial charge in [0.25, 0.3) is 5.91 Å². The summed E-state index contributed by atoms with van der Waals surface area (Å²) in [6, 6.07) is 11.8. The number of hydrogen-bond donors (Lipinski definition) is 1. The molecular formula is C18H17N3O4S. The first kappa shape index (κ1) is 16.6. The Hall–Kier alpha value is -2.87. The summed E-state index contributed by atoms with van der Waals surface area (Å²) >= 11 is 0. The quantitative estimate of drug-likeness (QED) is 0.764. The fraction of sp³-hybridized carbons (Fsp3) is 0.222. The SMILES string of the molecule is O=C(Nc1ccc2ncoc2c1)c1ccc(N2CCCCS2(=O)=O)cc1. The molecule has 1 N–H and O–H groups in total. The summed E-state index contributed by atoms with van der Waals surface area (Å²) < 4.78 is 31.0. The van der Waals surface area contributed by atoms with E-state index in [1.807, 2.05) is 0 Å². The maximum atomic E-state index is 12.4. The highest BCUT2D eigenvalue weighted by Crippen LogP contribution is 2.24. The molecule has 1 amide bonds. The van der Waals surface area contributed by atoms with Crippen molar-refractivity contribution in [2.24, 2.45) is 0 Å². The van der Waals surface area contributed by atoms with Crippen LogP contribution >= 0.6 is 0 Å². The lowest BCUT2D eigenvalue weighted by Gasteiger charge is -2.28. The molecule has 0 radical (unpaired) electrons. The van der Waals surface area contributed by atoms with E-state index in [0.29, 0.717) is 35.5 Å². The number of aromatic nitrogens is 1. The second-order valence-electron chi connectivity index (χ2n) is 6.13. The number of anilines is 2. The first-order valence-electron chi connectivity index (χ1n) is 8.28. The Kier molecular flexibility index (Phi) is 4.12. The van der Waals surface area contributed by atoms with E-state index in [-0.39, 0.29) is 11.7 Å². The van der Waals surface area contributed by atoms with E-state index in [2.05, 4.69) is 10.3 Å². The topological polar surface area (TPSA) is 92.5 Å². The summed E-state index contributed by atoms with van der Waals surface area (Å²) in [5.74, 6) is -0.115. The average Bonchev–Trinajstić information content (AvgIpc) is 3.09. The normalized spacial score (nSPS) is 16.5. The number of sulfonamides is 1. The number of nitrogens with zero attached hydrogens (tertiary/aromatic N) is 2. The van der Waals surface area contributed by atoms with Gasteiger partial charge in [-0.2, -0.15) is 0 Å². The number of amides is 1. The lowest BCUT2D eigenvalue weighted by molar-refractivity contribution is 0.102. The maximum Gasteiger partial charge on any atom is 0.255 e. The zero-order valence-electron chi connectivity index (χ0n) is 13.9. The van der Waals surface area contributed by atoms with Crippen LogP contribution in [-0.2, 0) is 10.0 Å². The van der Waals surface area contributed by atoms with Crippen molar-refractivity contribution in [1.29, 1.82) is 0 Å². The van der Waals surface area contributed by atoms with Crippen LogP contribution in [-0.4, -0.2) is 31.6 Å². The molecule has 1 aliphatic rings. The van der Waals surface area contributed by atoms with E-state index in [1.54, 1.807) is 42.5 Å². The van der Waals surface area contributed by atoms with Crippen molar-refractivity contribution in [3.05, 3.63) is 54.4 Å². The van der Waals surface area contributed by atoms with Gasteiger partial charge in [0.15, 0.2) is 12.0 Å². The van der Waals surface area contributed by atoms with E-state index < -0.39 is 10.0 Å². The number of rotatable bonds is 3. The minimum atomic E-state index is -3.26. The van der Waals surface area contributed by atoms with Gasteiger partial charge in [-0.1, -0.05) is 0 Å². The van der Waals surface area contributed by atoms with Crippen molar-refractivity contribution < 1.29 is 17.6 Å². The first-order valence-corrected chi connectivity index (χ1v) is 9.89. The van der Waals surface area contributed by atoms with Crippen LogP contribution in [0.1, 0.15) is 23.2 Å². The van der Waals surface area contributed by atoms with Crippen LogP contribution in [0.2, 0.25) is 0 Å². The second-order valence-corrected chi connectivity index (χ2v) is 8.14. The average molecular weight is 371 g/mol. The smallest absolute Gasteiger partial charge is 0.255 e. The molecule has 0 saturated carbocycles. The number of carbonyl (C=O) groups is 1. The van der Waals surface area contributed by atoms with Crippen LogP contribution in [0.4, 0.5) is 11.4 Å². The standard InChI is InChI=1S/C18H17N3O4S/c22-18(20-14-5-8-16-17(11-14)25-12-19-16)13-3-6-15(7-4-13)21-9-1-2-10-26(21,23)24/h3-8,11-12H,1-2,9-10H2,(H,20,22). The number of nitrogens with one attached hydrogen (secondary N) is 1. The van der Waals surface area contributed by atoms with Crippen LogP contribution in [0.3, 0.4) is 0 Å². The highest BCUT2D eigenvalue weighted by molar-refractivity contribution is 7.92. The van der Waals surface area contributed by atoms with E-state index in [9.17, 15) is 13.2 Å². The molecule has 7 nitrogen and oxygen atoms in total. The van der Waals surface area contributed by atoms with Crippen molar-refractivity contribution >= 4 is 38.4 Å². The Bertz CT molecular complexity index is 1060. The first-order chi connectivity index (χ1) is 12.5. The molecule has 3 aromatic rings. The van der Waals surface area contributed by atoms with Crippen molar-refractivity contribution in [3.63, 3.8) is 0 Å². The highest BCUT2D eigenvalue weighted by atomic mass is 32.2. The monoisotopic (exact) mass is 371 g/mol.